The molecule has 5 heteroatoms. The van der Waals surface area contributed by atoms with E-state index in [9.17, 15) is 9.59 Å². The van der Waals surface area contributed by atoms with E-state index in [2.05, 4.69) is 5.32 Å². The van der Waals surface area contributed by atoms with Crippen molar-refractivity contribution < 1.29 is 9.59 Å². The fourth-order valence-corrected chi connectivity index (χ4v) is 4.88. The number of amides is 3. The first-order valence-electron chi connectivity index (χ1n) is 9.98. The Bertz CT molecular complexity index is 698. The zero-order valence-corrected chi connectivity index (χ0v) is 15.7. The molecule has 1 aromatic carbocycles. The second-order valence-electron chi connectivity index (χ2n) is 8.40. The summed E-state index contributed by atoms with van der Waals surface area (Å²) >= 11 is 0. The SMILES string of the molecule is Cc1ccccc1N1C[C@]2(CCN(C(=O)NC3CCCCC3)C2)CC1=O. The van der Waals surface area contributed by atoms with Gasteiger partial charge >= 0.3 is 6.03 Å². The van der Waals surface area contributed by atoms with Crippen LogP contribution in [0, 0.1) is 12.3 Å². The average molecular weight is 355 g/mol. The number of aryl methyl sites for hydroxylation is 1. The van der Waals surface area contributed by atoms with Crippen LogP contribution in [-0.2, 0) is 4.79 Å². The molecule has 2 saturated heterocycles. The van der Waals surface area contributed by atoms with Crippen molar-refractivity contribution in [1.82, 2.24) is 10.2 Å². The summed E-state index contributed by atoms with van der Waals surface area (Å²) in [6.07, 6.45) is 7.39. The van der Waals surface area contributed by atoms with Crippen molar-refractivity contribution in [2.75, 3.05) is 24.5 Å². The van der Waals surface area contributed by atoms with Gasteiger partial charge in [-0.3, -0.25) is 4.79 Å². The summed E-state index contributed by atoms with van der Waals surface area (Å²) in [6, 6.07) is 8.46. The van der Waals surface area contributed by atoms with Gasteiger partial charge < -0.3 is 15.1 Å². The van der Waals surface area contributed by atoms with Crippen LogP contribution in [0.1, 0.15) is 50.5 Å². The van der Waals surface area contributed by atoms with Crippen LogP contribution in [0.4, 0.5) is 10.5 Å². The molecular weight excluding hydrogens is 326 g/mol. The topological polar surface area (TPSA) is 52.6 Å². The Morgan fingerprint density at radius 1 is 1.15 bits per heavy atom. The number of para-hydroxylation sites is 1. The maximum absolute atomic E-state index is 12.7. The quantitative estimate of drug-likeness (QED) is 0.883. The molecule has 0 aromatic heterocycles. The lowest BCUT2D eigenvalue weighted by Crippen LogP contribution is -2.45. The van der Waals surface area contributed by atoms with Gasteiger partial charge in [0.1, 0.15) is 0 Å². The Morgan fingerprint density at radius 2 is 1.92 bits per heavy atom. The summed E-state index contributed by atoms with van der Waals surface area (Å²) in [7, 11) is 0. The minimum absolute atomic E-state index is 0.0653. The summed E-state index contributed by atoms with van der Waals surface area (Å²) in [5.74, 6) is 0.189. The number of hydrogen-bond donors (Lipinski definition) is 1. The normalized spacial score (nSPS) is 26.7. The molecule has 4 rings (SSSR count). The maximum Gasteiger partial charge on any atom is 0.317 e. The predicted molar refractivity (Wildman–Crippen MR) is 102 cm³/mol. The third-order valence-corrected chi connectivity index (χ3v) is 6.39. The Morgan fingerprint density at radius 3 is 2.69 bits per heavy atom. The van der Waals surface area contributed by atoms with E-state index < -0.39 is 0 Å². The molecule has 140 valence electrons. The van der Waals surface area contributed by atoms with Gasteiger partial charge in [0.25, 0.3) is 0 Å². The van der Waals surface area contributed by atoms with Gasteiger partial charge in [-0.25, -0.2) is 4.79 Å². The third-order valence-electron chi connectivity index (χ3n) is 6.39. The third kappa shape index (κ3) is 3.31. The molecule has 2 heterocycles. The highest BCUT2D eigenvalue weighted by molar-refractivity contribution is 5.97. The molecule has 26 heavy (non-hydrogen) atoms. The minimum Gasteiger partial charge on any atom is -0.335 e. The first-order chi connectivity index (χ1) is 12.6. The summed E-state index contributed by atoms with van der Waals surface area (Å²) in [5.41, 5.74) is 2.06. The number of rotatable bonds is 2. The molecule has 1 spiro atoms. The molecule has 0 bridgehead atoms. The van der Waals surface area contributed by atoms with Crippen LogP contribution < -0.4 is 10.2 Å². The zero-order valence-electron chi connectivity index (χ0n) is 15.7. The standard InChI is InChI=1S/C21H29N3O2/c1-16-7-5-6-10-18(16)24-15-21(13-19(24)25)11-12-23(14-21)20(26)22-17-8-3-2-4-9-17/h5-7,10,17H,2-4,8-9,11-15H2,1H3,(H,22,26)/t21-/m1/s1. The Balaban J connectivity index is 1.40. The number of nitrogens with zero attached hydrogens (tertiary/aromatic N) is 2. The van der Waals surface area contributed by atoms with Crippen LogP contribution in [0.2, 0.25) is 0 Å². The molecule has 1 aromatic rings. The number of hydrogen-bond acceptors (Lipinski definition) is 2. The molecule has 0 unspecified atom stereocenters. The van der Waals surface area contributed by atoms with Crippen molar-refractivity contribution in [1.29, 1.82) is 0 Å². The first-order valence-corrected chi connectivity index (χ1v) is 9.98. The predicted octanol–water partition coefficient (Wildman–Crippen LogP) is 3.47. The van der Waals surface area contributed by atoms with Crippen LogP contribution in [0.3, 0.4) is 0 Å². The molecule has 3 fully saturated rings. The van der Waals surface area contributed by atoms with E-state index >= 15 is 0 Å². The van der Waals surface area contributed by atoms with Crippen molar-refractivity contribution in [3.8, 4) is 0 Å². The van der Waals surface area contributed by atoms with E-state index in [0.717, 1.165) is 43.6 Å². The molecule has 2 aliphatic heterocycles. The monoisotopic (exact) mass is 355 g/mol. The van der Waals surface area contributed by atoms with Gasteiger partial charge in [-0.05, 0) is 37.8 Å². The fraction of sp³-hybridized carbons (Fsp3) is 0.619. The van der Waals surface area contributed by atoms with Gasteiger partial charge in [-0.1, -0.05) is 37.5 Å². The van der Waals surface area contributed by atoms with Gasteiger partial charge in [0.15, 0.2) is 0 Å². The van der Waals surface area contributed by atoms with E-state index in [1.54, 1.807) is 0 Å². The lowest BCUT2D eigenvalue weighted by molar-refractivity contribution is -0.117. The van der Waals surface area contributed by atoms with E-state index in [0.29, 0.717) is 19.0 Å². The molecular formula is C21H29N3O2. The molecule has 0 radical (unpaired) electrons. The van der Waals surface area contributed by atoms with Crippen LogP contribution in [0.15, 0.2) is 24.3 Å². The second-order valence-corrected chi connectivity index (χ2v) is 8.40. The first kappa shape index (κ1) is 17.4. The van der Waals surface area contributed by atoms with Crippen LogP contribution in [0.5, 0.6) is 0 Å². The summed E-state index contributed by atoms with van der Waals surface area (Å²) < 4.78 is 0. The van der Waals surface area contributed by atoms with E-state index in [-0.39, 0.29) is 17.4 Å². The summed E-state index contributed by atoms with van der Waals surface area (Å²) in [5, 5.41) is 3.22. The second kappa shape index (κ2) is 6.93. The molecule has 1 atom stereocenters. The van der Waals surface area contributed by atoms with Crippen molar-refractivity contribution in [2.45, 2.75) is 57.9 Å². The number of nitrogens with one attached hydrogen (secondary N) is 1. The number of anilines is 1. The van der Waals surface area contributed by atoms with Crippen LogP contribution in [-0.4, -0.2) is 42.5 Å². The van der Waals surface area contributed by atoms with Gasteiger partial charge in [-0.2, -0.15) is 0 Å². The van der Waals surface area contributed by atoms with Gasteiger partial charge in [0.2, 0.25) is 5.91 Å². The molecule has 1 saturated carbocycles. The van der Waals surface area contributed by atoms with Gasteiger partial charge in [0.05, 0.1) is 0 Å². The summed E-state index contributed by atoms with van der Waals surface area (Å²) in [4.78, 5) is 29.2. The van der Waals surface area contributed by atoms with E-state index in [4.69, 9.17) is 0 Å². The van der Waals surface area contributed by atoms with Crippen molar-refractivity contribution >= 4 is 17.6 Å². The number of carbonyl (C=O) groups excluding carboxylic acids is 2. The molecule has 1 aliphatic carbocycles. The lowest BCUT2D eigenvalue weighted by atomic mass is 9.86. The Labute approximate surface area is 155 Å². The van der Waals surface area contributed by atoms with E-state index in [1.165, 1.54) is 19.3 Å². The zero-order chi connectivity index (χ0) is 18.1. The van der Waals surface area contributed by atoms with Crippen LogP contribution >= 0.6 is 0 Å². The van der Waals surface area contributed by atoms with Gasteiger partial charge in [-0.15, -0.1) is 0 Å². The average Bonchev–Trinajstić information content (AvgIpc) is 3.19. The largest absolute Gasteiger partial charge is 0.335 e. The fourth-order valence-electron chi connectivity index (χ4n) is 4.88. The minimum atomic E-state index is -0.0801. The highest BCUT2D eigenvalue weighted by Crippen LogP contribution is 2.42. The molecule has 3 aliphatic rings. The maximum atomic E-state index is 12.7. The molecule has 3 amide bonds. The van der Waals surface area contributed by atoms with Gasteiger partial charge in [0, 0.05) is 43.2 Å². The lowest BCUT2D eigenvalue weighted by Gasteiger charge is -2.28. The smallest absolute Gasteiger partial charge is 0.317 e. The number of likely N-dealkylation sites (tertiary alicyclic amines) is 1. The Kier molecular flexibility index (Phi) is 4.63. The number of urea groups is 1. The van der Waals surface area contributed by atoms with E-state index in [1.807, 2.05) is 41.0 Å². The highest BCUT2D eigenvalue weighted by Gasteiger charge is 2.49. The Hall–Kier alpha value is -2.04. The number of benzene rings is 1. The van der Waals surface area contributed by atoms with Crippen LogP contribution in [0.25, 0.3) is 0 Å². The van der Waals surface area contributed by atoms with Crippen molar-refractivity contribution in [3.05, 3.63) is 29.8 Å². The molecule has 5 nitrogen and oxygen atoms in total. The summed E-state index contributed by atoms with van der Waals surface area (Å²) in [6.45, 7) is 4.23. The highest BCUT2D eigenvalue weighted by atomic mass is 16.2. The van der Waals surface area contributed by atoms with Crippen molar-refractivity contribution in [3.63, 3.8) is 0 Å². The van der Waals surface area contributed by atoms with Crippen molar-refractivity contribution in [2.24, 2.45) is 5.41 Å². The molecule has 1 N–H and O–H groups in total. The number of carbonyl (C=O) groups is 2.